The lowest BCUT2D eigenvalue weighted by molar-refractivity contribution is -0.140. The summed E-state index contributed by atoms with van der Waals surface area (Å²) in [5.41, 5.74) is 1.60. The van der Waals surface area contributed by atoms with Crippen LogP contribution in [0.15, 0.2) is 12.1 Å². The van der Waals surface area contributed by atoms with Crippen LogP contribution in [0.4, 0.5) is 0 Å². The Balaban J connectivity index is 1.62. The molecule has 1 amide bonds. The maximum atomic E-state index is 13.2. The van der Waals surface area contributed by atoms with Gasteiger partial charge in [-0.05, 0) is 56.2 Å². The lowest BCUT2D eigenvalue weighted by atomic mass is 9.54. The molecule has 2 heterocycles. The predicted octanol–water partition coefficient (Wildman–Crippen LogP) is 3.13. The summed E-state index contributed by atoms with van der Waals surface area (Å²) in [6, 6.07) is 3.82. The van der Waals surface area contributed by atoms with E-state index in [1.807, 2.05) is 11.8 Å². The first-order chi connectivity index (χ1) is 12.1. The van der Waals surface area contributed by atoms with E-state index < -0.39 is 0 Å². The highest BCUT2D eigenvalue weighted by molar-refractivity contribution is 5.98. The van der Waals surface area contributed by atoms with Crippen LogP contribution in [-0.4, -0.2) is 48.8 Å². The summed E-state index contributed by atoms with van der Waals surface area (Å²) in [5, 5.41) is 10.5. The number of nitrogens with zero attached hydrogens (tertiary/aromatic N) is 1. The van der Waals surface area contributed by atoms with Gasteiger partial charge in [-0.15, -0.1) is 0 Å². The van der Waals surface area contributed by atoms with Crippen LogP contribution in [0.25, 0.3) is 0 Å². The van der Waals surface area contributed by atoms with E-state index in [4.69, 9.17) is 9.47 Å². The highest BCUT2D eigenvalue weighted by Gasteiger charge is 2.59. The van der Waals surface area contributed by atoms with Gasteiger partial charge >= 0.3 is 0 Å². The minimum atomic E-state index is -0.0616. The molecule has 1 unspecified atom stereocenters. The van der Waals surface area contributed by atoms with Crippen molar-refractivity contribution in [1.82, 2.24) is 4.90 Å². The van der Waals surface area contributed by atoms with Crippen molar-refractivity contribution in [3.05, 3.63) is 23.3 Å². The number of likely N-dealkylation sites (tertiary alicyclic amines) is 1. The maximum Gasteiger partial charge on any atom is 0.258 e. The van der Waals surface area contributed by atoms with Crippen LogP contribution in [-0.2, 0) is 4.74 Å². The zero-order valence-electron chi connectivity index (χ0n) is 15.1. The average molecular weight is 345 g/mol. The molecule has 0 bridgehead atoms. The predicted molar refractivity (Wildman–Crippen MR) is 94.0 cm³/mol. The van der Waals surface area contributed by atoms with Crippen LogP contribution in [0.3, 0.4) is 0 Å². The standard InChI is InChI=1S/C20H27NO4/c1-13-10-15(17(22)16(11-13)24-2)19(23)21-12-20(6-3-7-20)18(21)14-4-8-25-9-5-14/h10-11,14,18,22H,3-9,12H2,1-2H3. The Kier molecular flexibility index (Phi) is 4.14. The van der Waals surface area contributed by atoms with E-state index in [1.54, 1.807) is 12.1 Å². The molecular weight excluding hydrogens is 318 g/mol. The number of carbonyl (C=O) groups is 1. The van der Waals surface area contributed by atoms with Gasteiger partial charge in [0.25, 0.3) is 5.91 Å². The Morgan fingerprint density at radius 2 is 2.04 bits per heavy atom. The summed E-state index contributed by atoms with van der Waals surface area (Å²) in [7, 11) is 1.51. The number of ether oxygens (including phenoxy) is 2. The van der Waals surface area contributed by atoms with E-state index in [2.05, 4.69) is 0 Å². The van der Waals surface area contributed by atoms with E-state index in [9.17, 15) is 9.90 Å². The van der Waals surface area contributed by atoms with Crippen molar-refractivity contribution in [2.45, 2.75) is 45.1 Å². The van der Waals surface area contributed by atoms with Crippen molar-refractivity contribution in [2.24, 2.45) is 11.3 Å². The molecule has 25 heavy (non-hydrogen) atoms. The summed E-state index contributed by atoms with van der Waals surface area (Å²) < 4.78 is 10.8. The van der Waals surface area contributed by atoms with Crippen LogP contribution >= 0.6 is 0 Å². The highest BCUT2D eigenvalue weighted by Crippen LogP contribution is 2.57. The first-order valence-electron chi connectivity index (χ1n) is 9.32. The average Bonchev–Trinajstić information content (AvgIpc) is 2.55. The van der Waals surface area contributed by atoms with E-state index in [-0.39, 0.29) is 11.7 Å². The number of hydrogen-bond donors (Lipinski definition) is 1. The van der Waals surface area contributed by atoms with Gasteiger partial charge in [-0.25, -0.2) is 0 Å². The molecule has 1 N–H and O–H groups in total. The summed E-state index contributed by atoms with van der Waals surface area (Å²) in [6.45, 7) is 4.33. The zero-order chi connectivity index (χ0) is 17.6. The fourth-order valence-electron chi connectivity index (χ4n) is 5.04. The molecule has 1 aliphatic carbocycles. The Morgan fingerprint density at radius 1 is 1.32 bits per heavy atom. The molecule has 0 radical (unpaired) electrons. The van der Waals surface area contributed by atoms with E-state index >= 15 is 0 Å². The Morgan fingerprint density at radius 3 is 2.64 bits per heavy atom. The Bertz CT molecular complexity index is 677. The number of aromatic hydroxyl groups is 1. The van der Waals surface area contributed by atoms with Crippen LogP contribution in [0.1, 0.15) is 48.0 Å². The van der Waals surface area contributed by atoms with Gasteiger partial charge in [0.2, 0.25) is 0 Å². The molecule has 4 rings (SSSR count). The Hall–Kier alpha value is -1.75. The summed E-state index contributed by atoms with van der Waals surface area (Å²) in [5.74, 6) is 0.775. The number of carbonyl (C=O) groups excluding carboxylic acids is 1. The van der Waals surface area contributed by atoms with Crippen molar-refractivity contribution in [3.63, 3.8) is 0 Å². The number of aryl methyl sites for hydroxylation is 1. The van der Waals surface area contributed by atoms with Gasteiger partial charge in [-0.1, -0.05) is 6.42 Å². The first kappa shape index (κ1) is 16.7. The number of hydrogen-bond acceptors (Lipinski definition) is 4. The van der Waals surface area contributed by atoms with E-state index in [0.29, 0.717) is 28.7 Å². The van der Waals surface area contributed by atoms with Gasteiger partial charge in [0.05, 0.1) is 12.7 Å². The number of rotatable bonds is 3. The normalized spacial score (nSPS) is 25.4. The van der Waals surface area contributed by atoms with Gasteiger partial charge in [0, 0.05) is 31.2 Å². The smallest absolute Gasteiger partial charge is 0.258 e. The monoisotopic (exact) mass is 345 g/mol. The number of methoxy groups -OCH3 is 1. The van der Waals surface area contributed by atoms with Crippen LogP contribution < -0.4 is 4.74 Å². The molecule has 2 aliphatic heterocycles. The third kappa shape index (κ3) is 2.60. The van der Waals surface area contributed by atoms with Crippen molar-refractivity contribution in [2.75, 3.05) is 26.9 Å². The quantitative estimate of drug-likeness (QED) is 0.914. The molecule has 3 fully saturated rings. The van der Waals surface area contributed by atoms with Crippen LogP contribution in [0.2, 0.25) is 0 Å². The third-order valence-corrected chi connectivity index (χ3v) is 6.44. The molecular formula is C20H27NO4. The van der Waals surface area contributed by atoms with Crippen LogP contribution in [0.5, 0.6) is 11.5 Å². The lowest BCUT2D eigenvalue weighted by Gasteiger charge is -2.65. The molecule has 3 aliphatic rings. The van der Waals surface area contributed by atoms with Gasteiger partial charge in [-0.2, -0.15) is 0 Å². The molecule has 5 heteroatoms. The highest BCUT2D eigenvalue weighted by atomic mass is 16.5. The second-order valence-electron chi connectivity index (χ2n) is 7.91. The molecule has 5 nitrogen and oxygen atoms in total. The largest absolute Gasteiger partial charge is 0.504 e. The number of phenols is 1. The van der Waals surface area contributed by atoms with E-state index in [0.717, 1.165) is 38.2 Å². The van der Waals surface area contributed by atoms with Crippen LogP contribution in [0, 0.1) is 18.3 Å². The van der Waals surface area contributed by atoms with E-state index in [1.165, 1.54) is 26.4 Å². The molecule has 1 atom stereocenters. The van der Waals surface area contributed by atoms with Crippen molar-refractivity contribution in [1.29, 1.82) is 0 Å². The summed E-state index contributed by atoms with van der Waals surface area (Å²) >= 11 is 0. The van der Waals surface area contributed by atoms with Crippen molar-refractivity contribution >= 4 is 5.91 Å². The number of benzene rings is 1. The van der Waals surface area contributed by atoms with Crippen molar-refractivity contribution < 1.29 is 19.4 Å². The SMILES string of the molecule is COc1cc(C)cc(C(=O)N2CC3(CCC3)C2C2CCOCC2)c1O. The molecule has 2 saturated heterocycles. The van der Waals surface area contributed by atoms with Gasteiger partial charge in [0.1, 0.15) is 0 Å². The molecule has 1 spiro atoms. The third-order valence-electron chi connectivity index (χ3n) is 6.44. The summed E-state index contributed by atoms with van der Waals surface area (Å²) in [4.78, 5) is 15.2. The first-order valence-corrected chi connectivity index (χ1v) is 9.32. The fraction of sp³-hybridized carbons (Fsp3) is 0.650. The molecule has 136 valence electrons. The number of amides is 1. The molecule has 0 aromatic heterocycles. The molecule has 1 aromatic carbocycles. The Labute approximate surface area is 148 Å². The molecule has 1 saturated carbocycles. The maximum absolute atomic E-state index is 13.2. The van der Waals surface area contributed by atoms with Gasteiger partial charge in [-0.3, -0.25) is 4.79 Å². The summed E-state index contributed by atoms with van der Waals surface area (Å²) in [6.07, 6.45) is 5.77. The van der Waals surface area contributed by atoms with Gasteiger partial charge < -0.3 is 19.5 Å². The topological polar surface area (TPSA) is 59.0 Å². The number of phenolic OH excluding ortho intramolecular Hbond substituents is 1. The van der Waals surface area contributed by atoms with Crippen molar-refractivity contribution in [3.8, 4) is 11.5 Å². The van der Waals surface area contributed by atoms with Gasteiger partial charge in [0.15, 0.2) is 11.5 Å². The lowest BCUT2D eigenvalue weighted by Crippen LogP contribution is -2.71. The molecule has 1 aromatic rings. The minimum Gasteiger partial charge on any atom is -0.504 e. The zero-order valence-corrected chi connectivity index (χ0v) is 15.1. The minimum absolute atomic E-state index is 0.0432. The second-order valence-corrected chi connectivity index (χ2v) is 7.91. The fourth-order valence-corrected chi connectivity index (χ4v) is 5.04. The second kappa shape index (κ2) is 6.20.